The summed E-state index contributed by atoms with van der Waals surface area (Å²) in [6.07, 6.45) is 0.872. The number of phenolic OH excluding ortho intramolecular Hbond substituents is 1. The summed E-state index contributed by atoms with van der Waals surface area (Å²) in [5.41, 5.74) is 1.82. The molecule has 2 aromatic carbocycles. The molecule has 0 unspecified atom stereocenters. The Hall–Kier alpha value is -2.33. The Kier molecular flexibility index (Phi) is 5.79. The number of nitrogens with one attached hydrogen (secondary N) is 2. The van der Waals surface area contributed by atoms with Crippen LogP contribution in [0.25, 0.3) is 0 Å². The van der Waals surface area contributed by atoms with Gasteiger partial charge in [0.05, 0.1) is 0 Å². The van der Waals surface area contributed by atoms with E-state index in [9.17, 15) is 4.79 Å². The monoisotopic (exact) mass is 284 g/mol. The fourth-order valence-electron chi connectivity index (χ4n) is 1.96. The first-order valence-corrected chi connectivity index (χ1v) is 7.07. The van der Waals surface area contributed by atoms with Crippen molar-refractivity contribution in [3.63, 3.8) is 0 Å². The number of phenols is 1. The standard InChI is InChI=1S/C17H20N2O2/c20-16-9-7-15(8-10-16)17(21)19-12-4-11-18-13-14-5-2-1-3-6-14/h1-3,5-10,18,20H,4,11-13H2,(H,19,21). The highest BCUT2D eigenvalue weighted by molar-refractivity contribution is 5.94. The summed E-state index contributed by atoms with van der Waals surface area (Å²) < 4.78 is 0. The topological polar surface area (TPSA) is 61.4 Å². The number of amides is 1. The average molecular weight is 284 g/mol. The number of hydrogen-bond donors (Lipinski definition) is 3. The van der Waals surface area contributed by atoms with Crippen LogP contribution in [0, 0.1) is 0 Å². The Balaban J connectivity index is 1.59. The van der Waals surface area contributed by atoms with Gasteiger partial charge in [0.15, 0.2) is 0 Å². The van der Waals surface area contributed by atoms with E-state index in [-0.39, 0.29) is 11.7 Å². The van der Waals surface area contributed by atoms with Crippen molar-refractivity contribution >= 4 is 5.91 Å². The SMILES string of the molecule is O=C(NCCCNCc1ccccc1)c1ccc(O)cc1. The molecule has 0 heterocycles. The van der Waals surface area contributed by atoms with Crippen molar-refractivity contribution in [2.24, 2.45) is 0 Å². The van der Waals surface area contributed by atoms with Crippen molar-refractivity contribution in [3.8, 4) is 5.75 Å². The van der Waals surface area contributed by atoms with E-state index in [0.717, 1.165) is 19.5 Å². The van der Waals surface area contributed by atoms with Crippen molar-refractivity contribution in [1.29, 1.82) is 0 Å². The molecular formula is C17H20N2O2. The summed E-state index contributed by atoms with van der Waals surface area (Å²) in [6.45, 7) is 2.32. The highest BCUT2D eigenvalue weighted by atomic mass is 16.3. The van der Waals surface area contributed by atoms with Gasteiger partial charge in [-0.3, -0.25) is 4.79 Å². The second-order valence-corrected chi connectivity index (χ2v) is 4.82. The van der Waals surface area contributed by atoms with Crippen LogP contribution in [-0.4, -0.2) is 24.1 Å². The molecule has 0 saturated carbocycles. The molecule has 0 bridgehead atoms. The van der Waals surface area contributed by atoms with Gasteiger partial charge in [0.2, 0.25) is 0 Å². The molecule has 1 amide bonds. The van der Waals surface area contributed by atoms with E-state index in [0.29, 0.717) is 12.1 Å². The molecule has 0 fully saturated rings. The Morgan fingerprint density at radius 1 is 0.952 bits per heavy atom. The number of hydrogen-bond acceptors (Lipinski definition) is 3. The number of rotatable bonds is 7. The van der Waals surface area contributed by atoms with Gasteiger partial charge in [0, 0.05) is 18.7 Å². The zero-order valence-corrected chi connectivity index (χ0v) is 11.9. The van der Waals surface area contributed by atoms with Gasteiger partial charge in [-0.05, 0) is 42.8 Å². The molecule has 3 N–H and O–H groups in total. The van der Waals surface area contributed by atoms with E-state index in [2.05, 4.69) is 22.8 Å². The van der Waals surface area contributed by atoms with Crippen molar-refractivity contribution in [1.82, 2.24) is 10.6 Å². The summed E-state index contributed by atoms with van der Waals surface area (Å²) in [5.74, 6) is 0.0507. The van der Waals surface area contributed by atoms with Crippen LogP contribution < -0.4 is 10.6 Å². The zero-order chi connectivity index (χ0) is 14.9. The molecule has 0 aliphatic carbocycles. The lowest BCUT2D eigenvalue weighted by molar-refractivity contribution is 0.0953. The van der Waals surface area contributed by atoms with Gasteiger partial charge in [-0.1, -0.05) is 30.3 Å². The maximum absolute atomic E-state index is 11.8. The lowest BCUT2D eigenvalue weighted by Crippen LogP contribution is -2.27. The van der Waals surface area contributed by atoms with Crippen LogP contribution in [0.15, 0.2) is 54.6 Å². The van der Waals surface area contributed by atoms with Gasteiger partial charge >= 0.3 is 0 Å². The van der Waals surface area contributed by atoms with Crippen LogP contribution in [-0.2, 0) is 6.54 Å². The van der Waals surface area contributed by atoms with Crippen LogP contribution in [0.3, 0.4) is 0 Å². The van der Waals surface area contributed by atoms with Gasteiger partial charge in [-0.2, -0.15) is 0 Å². The third-order valence-corrected chi connectivity index (χ3v) is 3.12. The average Bonchev–Trinajstić information content (AvgIpc) is 2.52. The Labute approximate surface area is 124 Å². The number of benzene rings is 2. The lowest BCUT2D eigenvalue weighted by atomic mass is 10.2. The van der Waals surface area contributed by atoms with Crippen LogP contribution in [0.4, 0.5) is 0 Å². The fraction of sp³-hybridized carbons (Fsp3) is 0.235. The second kappa shape index (κ2) is 8.07. The molecule has 0 aliphatic rings. The zero-order valence-electron chi connectivity index (χ0n) is 11.9. The summed E-state index contributed by atoms with van der Waals surface area (Å²) in [5, 5.41) is 15.4. The molecule has 110 valence electrons. The third kappa shape index (κ3) is 5.28. The lowest BCUT2D eigenvalue weighted by Gasteiger charge is -2.07. The Bertz CT molecular complexity index is 553. The minimum Gasteiger partial charge on any atom is -0.508 e. The number of aromatic hydroxyl groups is 1. The number of carbonyl (C=O) groups is 1. The maximum Gasteiger partial charge on any atom is 0.251 e. The predicted molar refractivity (Wildman–Crippen MR) is 83.2 cm³/mol. The molecular weight excluding hydrogens is 264 g/mol. The minimum absolute atomic E-state index is 0.113. The molecule has 0 spiro atoms. The first kappa shape index (κ1) is 15.1. The first-order valence-electron chi connectivity index (χ1n) is 7.07. The van der Waals surface area contributed by atoms with E-state index >= 15 is 0 Å². The summed E-state index contributed by atoms with van der Waals surface area (Å²) >= 11 is 0. The molecule has 0 atom stereocenters. The van der Waals surface area contributed by atoms with Crippen molar-refractivity contribution in [3.05, 3.63) is 65.7 Å². The molecule has 0 radical (unpaired) electrons. The van der Waals surface area contributed by atoms with Crippen LogP contribution >= 0.6 is 0 Å². The fourth-order valence-corrected chi connectivity index (χ4v) is 1.96. The molecule has 4 heteroatoms. The molecule has 21 heavy (non-hydrogen) atoms. The largest absolute Gasteiger partial charge is 0.508 e. The smallest absolute Gasteiger partial charge is 0.251 e. The van der Waals surface area contributed by atoms with Gasteiger partial charge in [-0.25, -0.2) is 0 Å². The first-order chi connectivity index (χ1) is 10.3. The minimum atomic E-state index is -0.113. The van der Waals surface area contributed by atoms with Crippen molar-refractivity contribution < 1.29 is 9.90 Å². The summed E-state index contributed by atoms with van der Waals surface area (Å²) in [4.78, 5) is 11.8. The Morgan fingerprint density at radius 3 is 2.38 bits per heavy atom. The van der Waals surface area contributed by atoms with Gasteiger partial charge < -0.3 is 15.7 Å². The normalized spacial score (nSPS) is 10.3. The predicted octanol–water partition coefficient (Wildman–Crippen LogP) is 2.30. The molecule has 0 aliphatic heterocycles. The molecule has 4 nitrogen and oxygen atoms in total. The molecule has 0 aromatic heterocycles. The molecule has 2 aromatic rings. The van der Waals surface area contributed by atoms with Crippen LogP contribution in [0.1, 0.15) is 22.3 Å². The van der Waals surface area contributed by atoms with Crippen molar-refractivity contribution in [2.45, 2.75) is 13.0 Å². The van der Waals surface area contributed by atoms with E-state index in [4.69, 9.17) is 5.11 Å². The van der Waals surface area contributed by atoms with Crippen molar-refractivity contribution in [2.75, 3.05) is 13.1 Å². The van der Waals surface area contributed by atoms with E-state index in [1.165, 1.54) is 17.7 Å². The highest BCUT2D eigenvalue weighted by Crippen LogP contribution is 2.09. The van der Waals surface area contributed by atoms with Gasteiger partial charge in [-0.15, -0.1) is 0 Å². The van der Waals surface area contributed by atoms with Gasteiger partial charge in [0.1, 0.15) is 5.75 Å². The second-order valence-electron chi connectivity index (χ2n) is 4.82. The quantitative estimate of drug-likeness (QED) is 0.684. The summed E-state index contributed by atoms with van der Waals surface area (Å²) in [7, 11) is 0. The van der Waals surface area contributed by atoms with Gasteiger partial charge in [0.25, 0.3) is 5.91 Å². The molecule has 2 rings (SSSR count). The summed E-state index contributed by atoms with van der Waals surface area (Å²) in [6, 6.07) is 16.5. The van der Waals surface area contributed by atoms with E-state index in [1.54, 1.807) is 12.1 Å². The van der Waals surface area contributed by atoms with E-state index < -0.39 is 0 Å². The van der Waals surface area contributed by atoms with Crippen LogP contribution in [0.5, 0.6) is 5.75 Å². The Morgan fingerprint density at radius 2 is 1.67 bits per heavy atom. The molecule has 0 saturated heterocycles. The van der Waals surface area contributed by atoms with E-state index in [1.807, 2.05) is 18.2 Å². The number of carbonyl (C=O) groups excluding carboxylic acids is 1. The highest BCUT2D eigenvalue weighted by Gasteiger charge is 2.03. The van der Waals surface area contributed by atoms with Crippen LogP contribution in [0.2, 0.25) is 0 Å². The maximum atomic E-state index is 11.8. The third-order valence-electron chi connectivity index (χ3n) is 3.12.